The molecule has 1 aliphatic rings. The number of benzene rings is 1. The van der Waals surface area contributed by atoms with Crippen molar-refractivity contribution >= 4 is 11.6 Å². The number of pyridine rings is 2. The van der Waals surface area contributed by atoms with Gasteiger partial charge in [-0.1, -0.05) is 36.7 Å². The maximum Gasteiger partial charge on any atom is 0.259 e. The number of likely N-dealkylation sites (N-methyl/N-ethyl adjacent to an activating group) is 1. The predicted molar refractivity (Wildman–Crippen MR) is 127 cm³/mol. The Hall–Kier alpha value is -2.67. The molecule has 3 heterocycles. The van der Waals surface area contributed by atoms with E-state index in [1.807, 2.05) is 43.3 Å². The summed E-state index contributed by atoms with van der Waals surface area (Å²) in [7, 11) is 0. The number of nitrogens with zero attached hydrogens (tertiary/aromatic N) is 4. The van der Waals surface area contributed by atoms with E-state index in [9.17, 15) is 9.90 Å². The number of rotatable bonds is 6. The number of hydrogen-bond acceptors (Lipinski definition) is 5. The first kappa shape index (κ1) is 22.5. The van der Waals surface area contributed by atoms with Crippen molar-refractivity contribution in [2.45, 2.75) is 26.4 Å². The minimum Gasteiger partial charge on any atom is -0.507 e. The smallest absolute Gasteiger partial charge is 0.259 e. The lowest BCUT2D eigenvalue weighted by Gasteiger charge is -2.39. The van der Waals surface area contributed by atoms with Crippen LogP contribution in [-0.2, 0) is 6.54 Å². The fourth-order valence-electron chi connectivity index (χ4n) is 4.47. The summed E-state index contributed by atoms with van der Waals surface area (Å²) in [5.74, 6) is 0.0258. The van der Waals surface area contributed by atoms with Gasteiger partial charge in [0.25, 0.3) is 5.56 Å². The Morgan fingerprint density at radius 1 is 1.12 bits per heavy atom. The molecule has 3 aromatic rings. The monoisotopic (exact) mass is 452 g/mol. The SMILES string of the molecule is CCN1CCN([C@H](c2cccc(Cl)c2)c2c(O)cc(C)n(Cc3cccnc3)c2=O)CC1. The zero-order chi connectivity index (χ0) is 22.7. The molecule has 1 fully saturated rings. The average Bonchev–Trinajstić information content (AvgIpc) is 2.80. The first-order valence-electron chi connectivity index (χ1n) is 11.0. The van der Waals surface area contributed by atoms with Crippen LogP contribution in [0.2, 0.25) is 5.02 Å². The van der Waals surface area contributed by atoms with Gasteiger partial charge in [-0.2, -0.15) is 0 Å². The second-order valence-electron chi connectivity index (χ2n) is 8.26. The van der Waals surface area contributed by atoms with Gasteiger partial charge < -0.3 is 14.6 Å². The molecule has 1 N–H and O–H groups in total. The van der Waals surface area contributed by atoms with Crippen molar-refractivity contribution in [2.24, 2.45) is 0 Å². The van der Waals surface area contributed by atoms with Crippen molar-refractivity contribution in [2.75, 3.05) is 32.7 Å². The Morgan fingerprint density at radius 2 is 1.91 bits per heavy atom. The third kappa shape index (κ3) is 4.72. The van der Waals surface area contributed by atoms with Crippen LogP contribution in [0.3, 0.4) is 0 Å². The van der Waals surface area contributed by atoms with E-state index < -0.39 is 0 Å². The van der Waals surface area contributed by atoms with Gasteiger partial charge >= 0.3 is 0 Å². The summed E-state index contributed by atoms with van der Waals surface area (Å²) in [5, 5.41) is 11.6. The number of hydrogen-bond donors (Lipinski definition) is 1. The van der Waals surface area contributed by atoms with Crippen LogP contribution in [-0.4, -0.2) is 57.2 Å². The van der Waals surface area contributed by atoms with E-state index in [-0.39, 0.29) is 17.4 Å². The van der Waals surface area contributed by atoms with Crippen molar-refractivity contribution in [1.29, 1.82) is 0 Å². The highest BCUT2D eigenvalue weighted by Gasteiger charge is 2.31. The Labute approximate surface area is 193 Å². The summed E-state index contributed by atoms with van der Waals surface area (Å²) in [6, 6.07) is 12.7. The molecule has 6 nitrogen and oxygen atoms in total. The lowest BCUT2D eigenvalue weighted by molar-refractivity contribution is 0.111. The summed E-state index contributed by atoms with van der Waals surface area (Å²) < 4.78 is 1.71. The molecule has 0 radical (unpaired) electrons. The molecule has 0 aliphatic carbocycles. The third-order valence-electron chi connectivity index (χ3n) is 6.24. The first-order valence-corrected chi connectivity index (χ1v) is 11.4. The third-order valence-corrected chi connectivity index (χ3v) is 6.48. The molecule has 7 heteroatoms. The topological polar surface area (TPSA) is 61.6 Å². The molecule has 32 heavy (non-hydrogen) atoms. The summed E-state index contributed by atoms with van der Waals surface area (Å²) >= 11 is 6.32. The highest BCUT2D eigenvalue weighted by atomic mass is 35.5. The molecule has 0 spiro atoms. The Kier molecular flexibility index (Phi) is 6.94. The standard InChI is InChI=1S/C25H29ClN4O2/c1-3-28-10-12-29(13-11-28)24(20-7-4-8-21(26)15-20)23-22(31)14-18(2)30(25(23)32)17-19-6-5-9-27-16-19/h4-9,14-16,24,31H,3,10-13,17H2,1-2H3/t24-/m1/s1. The van der Waals surface area contributed by atoms with E-state index in [4.69, 9.17) is 11.6 Å². The van der Waals surface area contributed by atoms with Crippen molar-refractivity contribution in [3.8, 4) is 5.75 Å². The molecule has 0 amide bonds. The Morgan fingerprint density at radius 3 is 2.56 bits per heavy atom. The quantitative estimate of drug-likeness (QED) is 0.618. The van der Waals surface area contributed by atoms with Gasteiger partial charge in [0.2, 0.25) is 0 Å². The molecule has 1 aliphatic heterocycles. The molecule has 168 valence electrons. The zero-order valence-electron chi connectivity index (χ0n) is 18.5. The number of aromatic nitrogens is 2. The number of halogens is 1. The highest BCUT2D eigenvalue weighted by Crippen LogP contribution is 2.34. The van der Waals surface area contributed by atoms with Crippen molar-refractivity contribution in [3.05, 3.63) is 92.6 Å². The van der Waals surface area contributed by atoms with Crippen molar-refractivity contribution in [3.63, 3.8) is 0 Å². The van der Waals surface area contributed by atoms with Crippen LogP contribution in [0.25, 0.3) is 0 Å². The maximum atomic E-state index is 13.8. The second kappa shape index (κ2) is 9.86. The van der Waals surface area contributed by atoms with Crippen molar-refractivity contribution in [1.82, 2.24) is 19.4 Å². The van der Waals surface area contributed by atoms with Crippen LogP contribution >= 0.6 is 11.6 Å². The van der Waals surface area contributed by atoms with Crippen LogP contribution in [0.15, 0.2) is 59.7 Å². The van der Waals surface area contributed by atoms with Crippen LogP contribution in [0, 0.1) is 6.92 Å². The number of aromatic hydroxyl groups is 1. The second-order valence-corrected chi connectivity index (χ2v) is 8.70. The molecule has 4 rings (SSSR count). The molecule has 1 atom stereocenters. The number of aryl methyl sites for hydroxylation is 1. The molecule has 1 aromatic carbocycles. The van der Waals surface area contributed by atoms with Gasteiger partial charge in [-0.05, 0) is 48.9 Å². The van der Waals surface area contributed by atoms with Crippen LogP contribution in [0.5, 0.6) is 5.75 Å². The molecule has 0 unspecified atom stereocenters. The maximum absolute atomic E-state index is 13.8. The fourth-order valence-corrected chi connectivity index (χ4v) is 4.67. The average molecular weight is 453 g/mol. The van der Waals surface area contributed by atoms with Gasteiger partial charge in [0.15, 0.2) is 0 Å². The van der Waals surface area contributed by atoms with Gasteiger partial charge in [-0.15, -0.1) is 0 Å². The lowest BCUT2D eigenvalue weighted by atomic mass is 9.96. The minimum absolute atomic E-state index is 0.0258. The Bertz CT molecular complexity index is 1120. The Balaban J connectivity index is 1.82. The molecule has 0 bridgehead atoms. The van der Waals surface area contributed by atoms with Crippen LogP contribution < -0.4 is 5.56 Å². The van der Waals surface area contributed by atoms with E-state index in [0.29, 0.717) is 22.8 Å². The summed E-state index contributed by atoms with van der Waals surface area (Å²) in [4.78, 5) is 22.6. The van der Waals surface area contributed by atoms with E-state index >= 15 is 0 Å². The van der Waals surface area contributed by atoms with Crippen molar-refractivity contribution < 1.29 is 5.11 Å². The van der Waals surface area contributed by atoms with Crippen LogP contribution in [0.1, 0.15) is 35.3 Å². The van der Waals surface area contributed by atoms with Gasteiger partial charge in [-0.3, -0.25) is 14.7 Å². The normalized spacial score (nSPS) is 16.2. The van der Waals surface area contributed by atoms with E-state index in [1.165, 1.54) is 0 Å². The molecule has 1 saturated heterocycles. The van der Waals surface area contributed by atoms with Gasteiger partial charge in [0, 0.05) is 49.3 Å². The lowest BCUT2D eigenvalue weighted by Crippen LogP contribution is -2.48. The van der Waals surface area contributed by atoms with Crippen LogP contribution in [0.4, 0.5) is 0 Å². The van der Waals surface area contributed by atoms with Gasteiger partial charge in [0.1, 0.15) is 5.75 Å². The fraction of sp³-hybridized carbons (Fsp3) is 0.360. The molecular weight excluding hydrogens is 424 g/mol. The minimum atomic E-state index is -0.374. The molecule has 0 saturated carbocycles. The molecular formula is C25H29ClN4O2. The highest BCUT2D eigenvalue weighted by molar-refractivity contribution is 6.30. The van der Waals surface area contributed by atoms with Gasteiger partial charge in [0.05, 0.1) is 18.2 Å². The summed E-state index contributed by atoms with van der Waals surface area (Å²) in [6.07, 6.45) is 3.48. The van der Waals surface area contributed by atoms with E-state index in [2.05, 4.69) is 21.7 Å². The summed E-state index contributed by atoms with van der Waals surface area (Å²) in [5.41, 5.74) is 2.76. The van der Waals surface area contributed by atoms with Gasteiger partial charge in [-0.25, -0.2) is 0 Å². The largest absolute Gasteiger partial charge is 0.507 e. The zero-order valence-corrected chi connectivity index (χ0v) is 19.3. The van der Waals surface area contributed by atoms with E-state index in [1.54, 1.807) is 23.0 Å². The van der Waals surface area contributed by atoms with E-state index in [0.717, 1.165) is 43.9 Å². The summed E-state index contributed by atoms with van der Waals surface area (Å²) in [6.45, 7) is 8.86. The first-order chi connectivity index (χ1) is 15.5. The predicted octanol–water partition coefficient (Wildman–Crippen LogP) is 3.69. The number of piperazine rings is 1. The molecule has 2 aromatic heterocycles.